The molecular weight excluding hydrogens is 201 g/mol. The van der Waals surface area contributed by atoms with E-state index in [2.05, 4.69) is 10.4 Å². The zero-order valence-electron chi connectivity index (χ0n) is 8.49. The summed E-state index contributed by atoms with van der Waals surface area (Å²) in [7, 11) is 1.66. The lowest BCUT2D eigenvalue weighted by Crippen LogP contribution is -2.18. The fourth-order valence-corrected chi connectivity index (χ4v) is 1.38. The first-order valence-electron chi connectivity index (χ1n) is 4.54. The summed E-state index contributed by atoms with van der Waals surface area (Å²) < 4.78 is 20.2. The van der Waals surface area contributed by atoms with Crippen LogP contribution in [0.15, 0.2) is 12.0 Å². The van der Waals surface area contributed by atoms with Crippen molar-refractivity contribution in [3.8, 4) is 0 Å². The number of aliphatic hydroxyl groups is 1. The number of ether oxygens (including phenoxy) is 1. The quantitative estimate of drug-likeness (QED) is 0.742. The van der Waals surface area contributed by atoms with Crippen molar-refractivity contribution in [3.63, 3.8) is 0 Å². The number of aliphatic hydroxyl groups excluding tert-OH is 1. The maximum Gasteiger partial charge on any atom is 0.217 e. The number of rotatable bonds is 2. The van der Waals surface area contributed by atoms with Crippen molar-refractivity contribution in [2.24, 2.45) is 7.05 Å². The Morgan fingerprint density at radius 2 is 2.47 bits per heavy atom. The minimum Gasteiger partial charge on any atom is -0.470 e. The predicted octanol–water partition coefficient (Wildman–Crippen LogP) is 0.320. The zero-order valence-corrected chi connectivity index (χ0v) is 8.49. The molecule has 15 heavy (non-hydrogen) atoms. The first-order chi connectivity index (χ1) is 7.13. The Morgan fingerprint density at radius 3 is 2.93 bits per heavy atom. The van der Waals surface area contributed by atoms with Gasteiger partial charge >= 0.3 is 0 Å². The van der Waals surface area contributed by atoms with Gasteiger partial charge in [-0.25, -0.2) is 4.39 Å². The van der Waals surface area contributed by atoms with Crippen LogP contribution in [0.25, 0.3) is 0 Å². The van der Waals surface area contributed by atoms with E-state index in [1.54, 1.807) is 14.0 Å². The molecule has 0 aromatic carbocycles. The SMILES string of the molecule is Cc1c(F)c(C2NC(CO)=CO2)nn1C. The molecule has 82 valence electrons. The average Bonchev–Trinajstić information content (AvgIpc) is 2.79. The fourth-order valence-electron chi connectivity index (χ4n) is 1.38. The molecule has 1 unspecified atom stereocenters. The molecular formula is C9H12FN3O2. The second kappa shape index (κ2) is 3.54. The van der Waals surface area contributed by atoms with E-state index in [9.17, 15) is 4.39 Å². The monoisotopic (exact) mass is 213 g/mol. The summed E-state index contributed by atoms with van der Waals surface area (Å²) in [5, 5.41) is 15.6. The van der Waals surface area contributed by atoms with Crippen LogP contribution >= 0.6 is 0 Å². The fraction of sp³-hybridized carbons (Fsp3) is 0.444. The normalized spacial score (nSPS) is 19.7. The van der Waals surface area contributed by atoms with Crippen LogP contribution in [0.4, 0.5) is 4.39 Å². The first-order valence-corrected chi connectivity index (χ1v) is 4.54. The summed E-state index contributed by atoms with van der Waals surface area (Å²) in [5.41, 5.74) is 1.17. The lowest BCUT2D eigenvalue weighted by molar-refractivity contribution is 0.144. The Bertz CT molecular complexity index is 414. The molecule has 2 heterocycles. The van der Waals surface area contributed by atoms with Crippen molar-refractivity contribution in [2.45, 2.75) is 13.2 Å². The second-order valence-electron chi connectivity index (χ2n) is 3.37. The molecule has 5 nitrogen and oxygen atoms in total. The van der Waals surface area contributed by atoms with Crippen molar-refractivity contribution in [1.82, 2.24) is 15.1 Å². The number of aromatic nitrogens is 2. The highest BCUT2D eigenvalue weighted by Gasteiger charge is 2.26. The summed E-state index contributed by atoms with van der Waals surface area (Å²) in [6.07, 6.45) is 0.723. The van der Waals surface area contributed by atoms with Crippen molar-refractivity contribution < 1.29 is 14.2 Å². The average molecular weight is 213 g/mol. The number of hydrogen-bond donors (Lipinski definition) is 2. The molecule has 0 saturated carbocycles. The lowest BCUT2D eigenvalue weighted by atomic mass is 10.3. The van der Waals surface area contributed by atoms with Gasteiger partial charge in [0.1, 0.15) is 6.26 Å². The van der Waals surface area contributed by atoms with Gasteiger partial charge in [-0.05, 0) is 6.92 Å². The van der Waals surface area contributed by atoms with Gasteiger partial charge in [-0.1, -0.05) is 0 Å². The van der Waals surface area contributed by atoms with Crippen LogP contribution in [0.3, 0.4) is 0 Å². The molecule has 0 fully saturated rings. The third-order valence-electron chi connectivity index (χ3n) is 2.37. The van der Waals surface area contributed by atoms with E-state index in [0.29, 0.717) is 11.4 Å². The van der Waals surface area contributed by atoms with Crippen molar-refractivity contribution in [2.75, 3.05) is 6.61 Å². The summed E-state index contributed by atoms with van der Waals surface area (Å²) in [5.74, 6) is -0.386. The van der Waals surface area contributed by atoms with Gasteiger partial charge in [-0.3, -0.25) is 4.68 Å². The molecule has 1 aliphatic heterocycles. The minimum absolute atomic E-state index is 0.163. The maximum absolute atomic E-state index is 13.6. The molecule has 2 rings (SSSR count). The molecule has 1 aromatic rings. The van der Waals surface area contributed by atoms with E-state index in [-0.39, 0.29) is 18.1 Å². The third-order valence-corrected chi connectivity index (χ3v) is 2.37. The van der Waals surface area contributed by atoms with Crippen LogP contribution in [0.1, 0.15) is 17.6 Å². The smallest absolute Gasteiger partial charge is 0.217 e. The van der Waals surface area contributed by atoms with Gasteiger partial charge < -0.3 is 15.2 Å². The highest BCUT2D eigenvalue weighted by Crippen LogP contribution is 2.24. The summed E-state index contributed by atoms with van der Waals surface area (Å²) in [6.45, 7) is 1.48. The van der Waals surface area contributed by atoms with Gasteiger partial charge in [0.05, 0.1) is 18.0 Å². The number of hydrogen-bond acceptors (Lipinski definition) is 4. The van der Waals surface area contributed by atoms with Crippen molar-refractivity contribution in [3.05, 3.63) is 29.2 Å². The highest BCUT2D eigenvalue weighted by molar-refractivity contribution is 5.18. The van der Waals surface area contributed by atoms with Crippen LogP contribution in [0.5, 0.6) is 0 Å². The van der Waals surface area contributed by atoms with E-state index in [1.807, 2.05) is 0 Å². The third kappa shape index (κ3) is 1.56. The van der Waals surface area contributed by atoms with E-state index < -0.39 is 6.23 Å². The summed E-state index contributed by atoms with van der Waals surface area (Å²) in [4.78, 5) is 0. The molecule has 0 saturated heterocycles. The molecule has 0 spiro atoms. The Kier molecular flexibility index (Phi) is 2.36. The van der Waals surface area contributed by atoms with E-state index in [4.69, 9.17) is 9.84 Å². The summed E-state index contributed by atoms with van der Waals surface area (Å²) >= 11 is 0. The number of nitrogens with one attached hydrogen (secondary N) is 1. The largest absolute Gasteiger partial charge is 0.470 e. The molecule has 6 heteroatoms. The predicted molar refractivity (Wildman–Crippen MR) is 50.0 cm³/mol. The zero-order chi connectivity index (χ0) is 11.0. The highest BCUT2D eigenvalue weighted by atomic mass is 19.1. The number of aryl methyl sites for hydroxylation is 1. The van der Waals surface area contributed by atoms with Gasteiger partial charge in [-0.15, -0.1) is 0 Å². The van der Waals surface area contributed by atoms with Crippen molar-refractivity contribution in [1.29, 1.82) is 0 Å². The molecule has 0 amide bonds. The Hall–Kier alpha value is -1.56. The molecule has 1 aromatic heterocycles. The minimum atomic E-state index is -0.646. The molecule has 1 aliphatic rings. The molecule has 0 radical (unpaired) electrons. The van der Waals surface area contributed by atoms with Crippen LogP contribution in [-0.2, 0) is 11.8 Å². The van der Waals surface area contributed by atoms with E-state index >= 15 is 0 Å². The van der Waals surface area contributed by atoms with Gasteiger partial charge in [0, 0.05) is 7.05 Å². The number of halogens is 1. The van der Waals surface area contributed by atoms with Crippen molar-refractivity contribution >= 4 is 0 Å². The molecule has 0 aliphatic carbocycles. The van der Waals surface area contributed by atoms with E-state index in [0.717, 1.165) is 0 Å². The van der Waals surface area contributed by atoms with Crippen LogP contribution < -0.4 is 5.32 Å². The Morgan fingerprint density at radius 1 is 1.73 bits per heavy atom. The van der Waals surface area contributed by atoms with Crippen LogP contribution in [0, 0.1) is 12.7 Å². The Labute approximate surface area is 86.2 Å². The molecule has 2 N–H and O–H groups in total. The number of nitrogens with zero attached hydrogens (tertiary/aromatic N) is 2. The maximum atomic E-state index is 13.6. The summed E-state index contributed by atoms with van der Waals surface area (Å²) in [6, 6.07) is 0. The van der Waals surface area contributed by atoms with E-state index in [1.165, 1.54) is 10.9 Å². The standard InChI is InChI=1S/C9H12FN3O2/c1-5-7(10)8(12-13(5)2)9-11-6(3-14)4-15-9/h4,9,11,14H,3H2,1-2H3. The van der Waals surface area contributed by atoms with Crippen LogP contribution in [0.2, 0.25) is 0 Å². The Balaban J connectivity index is 2.22. The van der Waals surface area contributed by atoms with Gasteiger partial charge in [0.15, 0.2) is 11.5 Å². The van der Waals surface area contributed by atoms with Gasteiger partial charge in [0.25, 0.3) is 0 Å². The first kappa shape index (κ1) is 9.97. The molecule has 1 atom stereocenters. The lowest BCUT2D eigenvalue weighted by Gasteiger charge is -2.08. The molecule has 0 bridgehead atoms. The second-order valence-corrected chi connectivity index (χ2v) is 3.37. The van der Waals surface area contributed by atoms with Gasteiger partial charge in [-0.2, -0.15) is 5.10 Å². The van der Waals surface area contributed by atoms with Gasteiger partial charge in [0.2, 0.25) is 6.23 Å². The topological polar surface area (TPSA) is 59.3 Å². The van der Waals surface area contributed by atoms with Crippen LogP contribution in [-0.4, -0.2) is 21.5 Å².